The number of nitrogens with one attached hydrogen (secondary N) is 1. The number of benzene rings is 1. The second kappa shape index (κ2) is 5.92. The lowest BCUT2D eigenvalue weighted by molar-refractivity contribution is 0.102. The normalized spacial score (nSPS) is 9.90. The number of anilines is 2. The number of nitrogens with zero attached hydrogens (tertiary/aromatic N) is 1. The average Bonchev–Trinajstić information content (AvgIpc) is 2.49. The highest BCUT2D eigenvalue weighted by Gasteiger charge is 2.14. The van der Waals surface area contributed by atoms with Crippen molar-refractivity contribution in [1.82, 2.24) is 4.98 Å². The molecule has 0 saturated carbocycles. The van der Waals surface area contributed by atoms with Gasteiger partial charge in [-0.2, -0.15) is 0 Å². The predicted molar refractivity (Wildman–Crippen MR) is 76.1 cm³/mol. The summed E-state index contributed by atoms with van der Waals surface area (Å²) in [4.78, 5) is 16.2. The van der Waals surface area contributed by atoms with Crippen LogP contribution >= 0.6 is 0 Å². The highest BCUT2D eigenvalue weighted by Crippen LogP contribution is 2.25. The molecule has 1 amide bonds. The maximum Gasteiger partial charge on any atom is 0.261 e. The van der Waals surface area contributed by atoms with E-state index in [0.29, 0.717) is 22.7 Å². The molecule has 0 atom stereocenters. The Kier molecular flexibility index (Phi) is 4.05. The van der Waals surface area contributed by atoms with Gasteiger partial charge in [-0.15, -0.1) is 0 Å². The van der Waals surface area contributed by atoms with Crippen LogP contribution in [0.4, 0.5) is 11.4 Å². The lowest BCUT2D eigenvalue weighted by Crippen LogP contribution is -2.14. The zero-order valence-corrected chi connectivity index (χ0v) is 11.2. The number of aromatic nitrogens is 1. The van der Waals surface area contributed by atoms with E-state index in [1.165, 1.54) is 7.11 Å². The molecule has 104 valence electrons. The van der Waals surface area contributed by atoms with Gasteiger partial charge < -0.3 is 20.5 Å². The quantitative estimate of drug-likeness (QED) is 0.831. The molecule has 0 aliphatic carbocycles. The van der Waals surface area contributed by atoms with Gasteiger partial charge in [0.2, 0.25) is 5.88 Å². The number of nitrogen functional groups attached to an aromatic ring is 1. The highest BCUT2D eigenvalue weighted by molar-refractivity contribution is 6.07. The SMILES string of the molecule is COc1ccc(NC(=O)c2cccnc2OC)c(N)c1. The standard InChI is InChI=1S/C14H15N3O3/c1-19-9-5-6-12(11(15)8-9)17-13(18)10-4-3-7-16-14(10)20-2/h3-8H,15H2,1-2H3,(H,17,18). The van der Waals surface area contributed by atoms with E-state index >= 15 is 0 Å². The van der Waals surface area contributed by atoms with E-state index in [1.54, 1.807) is 43.6 Å². The van der Waals surface area contributed by atoms with Crippen molar-refractivity contribution < 1.29 is 14.3 Å². The van der Waals surface area contributed by atoms with Crippen molar-refractivity contribution in [3.05, 3.63) is 42.1 Å². The van der Waals surface area contributed by atoms with Crippen LogP contribution in [-0.2, 0) is 0 Å². The van der Waals surface area contributed by atoms with Crippen molar-refractivity contribution >= 4 is 17.3 Å². The van der Waals surface area contributed by atoms with E-state index in [4.69, 9.17) is 15.2 Å². The monoisotopic (exact) mass is 273 g/mol. The predicted octanol–water partition coefficient (Wildman–Crippen LogP) is 1.93. The lowest BCUT2D eigenvalue weighted by Gasteiger charge is -2.11. The summed E-state index contributed by atoms with van der Waals surface area (Å²) in [6.45, 7) is 0. The molecule has 20 heavy (non-hydrogen) atoms. The molecule has 6 heteroatoms. The molecule has 0 saturated heterocycles. The number of carbonyl (C=O) groups is 1. The molecule has 2 aromatic rings. The van der Waals surface area contributed by atoms with Gasteiger partial charge in [0.05, 0.1) is 25.6 Å². The van der Waals surface area contributed by atoms with Gasteiger partial charge in [0.25, 0.3) is 5.91 Å². The highest BCUT2D eigenvalue weighted by atomic mass is 16.5. The number of rotatable bonds is 4. The number of pyridine rings is 1. The van der Waals surface area contributed by atoms with Gasteiger partial charge in [-0.3, -0.25) is 4.79 Å². The number of nitrogens with two attached hydrogens (primary N) is 1. The van der Waals surface area contributed by atoms with Crippen molar-refractivity contribution in [3.8, 4) is 11.6 Å². The minimum absolute atomic E-state index is 0.261. The van der Waals surface area contributed by atoms with Crippen LogP contribution in [0.25, 0.3) is 0 Å². The molecule has 0 aliphatic rings. The number of hydrogen-bond donors (Lipinski definition) is 2. The third-order valence-corrected chi connectivity index (χ3v) is 2.72. The Bertz CT molecular complexity index is 629. The van der Waals surface area contributed by atoms with Crippen LogP contribution in [0.1, 0.15) is 10.4 Å². The molecule has 1 heterocycles. The van der Waals surface area contributed by atoms with Crippen molar-refractivity contribution in [3.63, 3.8) is 0 Å². The van der Waals surface area contributed by atoms with Gasteiger partial charge >= 0.3 is 0 Å². The van der Waals surface area contributed by atoms with Crippen LogP contribution in [0.2, 0.25) is 0 Å². The zero-order valence-electron chi connectivity index (χ0n) is 11.2. The maximum atomic E-state index is 12.2. The summed E-state index contributed by atoms with van der Waals surface area (Å²) in [7, 11) is 3.01. The van der Waals surface area contributed by atoms with Crippen molar-refractivity contribution in [1.29, 1.82) is 0 Å². The molecular weight excluding hydrogens is 258 g/mol. The van der Waals surface area contributed by atoms with Crippen LogP contribution in [0.15, 0.2) is 36.5 Å². The molecule has 6 nitrogen and oxygen atoms in total. The lowest BCUT2D eigenvalue weighted by atomic mass is 10.2. The number of hydrogen-bond acceptors (Lipinski definition) is 5. The summed E-state index contributed by atoms with van der Waals surface area (Å²) in [5.41, 5.74) is 7.11. The van der Waals surface area contributed by atoms with Crippen LogP contribution < -0.4 is 20.5 Å². The van der Waals surface area contributed by atoms with Crippen LogP contribution in [-0.4, -0.2) is 25.1 Å². The summed E-state index contributed by atoms with van der Waals surface area (Å²) in [5, 5.41) is 2.71. The van der Waals surface area contributed by atoms with E-state index in [1.807, 2.05) is 0 Å². The van der Waals surface area contributed by atoms with E-state index in [9.17, 15) is 4.79 Å². The first kappa shape index (κ1) is 13.7. The molecule has 0 fully saturated rings. The number of methoxy groups -OCH3 is 2. The fourth-order valence-electron chi connectivity index (χ4n) is 1.70. The van der Waals surface area contributed by atoms with Crippen LogP contribution in [0.5, 0.6) is 11.6 Å². The minimum atomic E-state index is -0.341. The summed E-state index contributed by atoms with van der Waals surface area (Å²) >= 11 is 0. The van der Waals surface area contributed by atoms with Crippen LogP contribution in [0, 0.1) is 0 Å². The fraction of sp³-hybridized carbons (Fsp3) is 0.143. The van der Waals surface area contributed by atoms with Crippen LogP contribution in [0.3, 0.4) is 0 Å². The summed E-state index contributed by atoms with van der Waals surface area (Å²) < 4.78 is 10.1. The van der Waals surface area contributed by atoms with Gasteiger partial charge in [-0.05, 0) is 24.3 Å². The van der Waals surface area contributed by atoms with Crippen molar-refractivity contribution in [2.24, 2.45) is 0 Å². The smallest absolute Gasteiger partial charge is 0.261 e. The van der Waals surface area contributed by atoms with Gasteiger partial charge in [0.1, 0.15) is 11.3 Å². The Labute approximate surface area is 116 Å². The first-order valence-electron chi connectivity index (χ1n) is 5.89. The van der Waals surface area contributed by atoms with E-state index in [-0.39, 0.29) is 11.8 Å². The molecule has 0 radical (unpaired) electrons. The molecule has 2 rings (SSSR count). The molecule has 3 N–H and O–H groups in total. The number of carbonyl (C=O) groups excluding carboxylic acids is 1. The third kappa shape index (κ3) is 2.80. The fourth-order valence-corrected chi connectivity index (χ4v) is 1.70. The van der Waals surface area contributed by atoms with Crippen molar-refractivity contribution in [2.45, 2.75) is 0 Å². The van der Waals surface area contributed by atoms with Crippen molar-refractivity contribution in [2.75, 3.05) is 25.3 Å². The van der Waals surface area contributed by atoms with E-state index in [2.05, 4.69) is 10.3 Å². The first-order chi connectivity index (χ1) is 9.65. The number of ether oxygens (including phenoxy) is 2. The zero-order chi connectivity index (χ0) is 14.5. The molecule has 1 aromatic carbocycles. The minimum Gasteiger partial charge on any atom is -0.497 e. The summed E-state index contributed by atoms with van der Waals surface area (Å²) in [6.07, 6.45) is 1.55. The molecule has 0 bridgehead atoms. The van der Waals surface area contributed by atoms with Gasteiger partial charge in [-0.1, -0.05) is 0 Å². The second-order valence-corrected chi connectivity index (χ2v) is 3.97. The third-order valence-electron chi connectivity index (χ3n) is 2.72. The summed E-state index contributed by atoms with van der Waals surface area (Å²) in [5.74, 6) is 0.545. The Morgan fingerprint density at radius 2 is 2.05 bits per heavy atom. The molecule has 0 spiro atoms. The van der Waals surface area contributed by atoms with Gasteiger partial charge in [-0.25, -0.2) is 4.98 Å². The Morgan fingerprint density at radius 1 is 1.25 bits per heavy atom. The number of amides is 1. The second-order valence-electron chi connectivity index (χ2n) is 3.97. The topological polar surface area (TPSA) is 86.5 Å². The average molecular weight is 273 g/mol. The molecule has 0 aliphatic heterocycles. The van der Waals surface area contributed by atoms with E-state index < -0.39 is 0 Å². The van der Waals surface area contributed by atoms with Gasteiger partial charge in [0, 0.05) is 12.3 Å². The largest absolute Gasteiger partial charge is 0.497 e. The summed E-state index contributed by atoms with van der Waals surface area (Å²) in [6, 6.07) is 8.31. The first-order valence-corrected chi connectivity index (χ1v) is 5.89. The Hall–Kier alpha value is -2.76. The van der Waals surface area contributed by atoms with E-state index in [0.717, 1.165) is 0 Å². The molecule has 0 unspecified atom stereocenters. The Morgan fingerprint density at radius 3 is 2.70 bits per heavy atom. The molecular formula is C14H15N3O3. The Balaban J connectivity index is 2.23. The maximum absolute atomic E-state index is 12.2. The molecule has 1 aromatic heterocycles. The van der Waals surface area contributed by atoms with Gasteiger partial charge in [0.15, 0.2) is 0 Å².